The van der Waals surface area contributed by atoms with Crippen molar-refractivity contribution in [3.8, 4) is 0 Å². The summed E-state index contributed by atoms with van der Waals surface area (Å²) in [6.07, 6.45) is 1.68. The van der Waals surface area contributed by atoms with Gasteiger partial charge in [0.05, 0.1) is 11.1 Å². The molecule has 0 aliphatic carbocycles. The lowest BCUT2D eigenvalue weighted by Gasteiger charge is -2.33. The van der Waals surface area contributed by atoms with E-state index < -0.39 is 6.04 Å². The smallest absolute Gasteiger partial charge is 0.253 e. The van der Waals surface area contributed by atoms with Crippen LogP contribution in [-0.2, 0) is 18.5 Å². The maximum absolute atomic E-state index is 13.9. The maximum atomic E-state index is 13.9. The molecular weight excluding hydrogens is 504 g/mol. The number of aryl methyl sites for hydroxylation is 2. The molecule has 2 aromatic carbocycles. The van der Waals surface area contributed by atoms with Crippen LogP contribution >= 0.6 is 11.3 Å². The monoisotopic (exact) mass is 540 g/mol. The molecule has 0 spiro atoms. The van der Waals surface area contributed by atoms with Crippen LogP contribution in [-0.4, -0.2) is 36.6 Å². The Balaban J connectivity index is 1.71. The molecule has 0 bridgehead atoms. The zero-order valence-electron chi connectivity index (χ0n) is 23.3. The SMILES string of the molecule is CCC(C)(C)n1nnnc1[C@H](c1cc2c(C)ccc(C)c2[nH]c1=O)N(CCc1ccccc1)Cc1cccs1. The van der Waals surface area contributed by atoms with Crippen LogP contribution in [0.15, 0.2) is 70.8 Å². The van der Waals surface area contributed by atoms with E-state index in [4.69, 9.17) is 0 Å². The summed E-state index contributed by atoms with van der Waals surface area (Å²) < 4.78 is 1.91. The fourth-order valence-electron chi connectivity index (χ4n) is 5.06. The van der Waals surface area contributed by atoms with E-state index in [1.165, 1.54) is 10.4 Å². The predicted molar refractivity (Wildman–Crippen MR) is 158 cm³/mol. The van der Waals surface area contributed by atoms with Gasteiger partial charge in [0, 0.05) is 28.9 Å². The number of hydrogen-bond donors (Lipinski definition) is 1. The summed E-state index contributed by atoms with van der Waals surface area (Å²) in [6.45, 7) is 11.9. The number of thiophene rings is 1. The van der Waals surface area contributed by atoms with Gasteiger partial charge in [-0.1, -0.05) is 55.5 Å². The maximum Gasteiger partial charge on any atom is 0.253 e. The first kappa shape index (κ1) is 27.0. The Morgan fingerprint density at radius 2 is 1.82 bits per heavy atom. The third-order valence-corrected chi connectivity index (χ3v) is 8.64. The lowest BCUT2D eigenvalue weighted by Crippen LogP contribution is -2.39. The van der Waals surface area contributed by atoms with Gasteiger partial charge >= 0.3 is 0 Å². The molecule has 0 amide bonds. The van der Waals surface area contributed by atoms with Gasteiger partial charge < -0.3 is 4.98 Å². The first-order chi connectivity index (χ1) is 18.8. The molecule has 8 heteroatoms. The molecular formula is C31H36N6OS. The number of H-pyrrole nitrogens is 1. The number of benzene rings is 2. The van der Waals surface area contributed by atoms with Crippen LogP contribution in [0.4, 0.5) is 0 Å². The summed E-state index contributed by atoms with van der Waals surface area (Å²) in [5.74, 6) is 0.682. The summed E-state index contributed by atoms with van der Waals surface area (Å²) in [4.78, 5) is 20.7. The average molecular weight is 541 g/mol. The highest BCUT2D eigenvalue weighted by molar-refractivity contribution is 7.09. The fraction of sp³-hybridized carbons (Fsp3) is 0.355. The normalized spacial score (nSPS) is 12.9. The molecule has 0 unspecified atom stereocenters. The second kappa shape index (κ2) is 11.2. The number of nitrogens with one attached hydrogen (secondary N) is 1. The summed E-state index contributed by atoms with van der Waals surface area (Å²) in [7, 11) is 0. The fourth-order valence-corrected chi connectivity index (χ4v) is 5.79. The minimum absolute atomic E-state index is 0.110. The Morgan fingerprint density at radius 1 is 1.05 bits per heavy atom. The quantitative estimate of drug-likeness (QED) is 0.229. The number of aromatic nitrogens is 5. The van der Waals surface area contributed by atoms with Crippen molar-refractivity contribution in [1.29, 1.82) is 0 Å². The second-order valence-electron chi connectivity index (χ2n) is 10.8. The minimum atomic E-state index is -0.440. The van der Waals surface area contributed by atoms with Crippen molar-refractivity contribution in [2.24, 2.45) is 0 Å². The number of nitrogens with zero attached hydrogens (tertiary/aromatic N) is 5. The molecule has 0 saturated carbocycles. The summed E-state index contributed by atoms with van der Waals surface area (Å²) in [5.41, 5.74) is 4.53. The Hall–Kier alpha value is -3.62. The molecule has 7 nitrogen and oxygen atoms in total. The van der Waals surface area contributed by atoms with E-state index >= 15 is 0 Å². The van der Waals surface area contributed by atoms with Crippen molar-refractivity contribution in [2.45, 2.75) is 65.6 Å². The van der Waals surface area contributed by atoms with Crippen molar-refractivity contribution in [1.82, 2.24) is 30.1 Å². The van der Waals surface area contributed by atoms with Crippen molar-refractivity contribution < 1.29 is 0 Å². The van der Waals surface area contributed by atoms with E-state index in [0.717, 1.165) is 41.4 Å². The van der Waals surface area contributed by atoms with Gasteiger partial charge in [0.25, 0.3) is 5.56 Å². The zero-order valence-corrected chi connectivity index (χ0v) is 24.1. The van der Waals surface area contributed by atoms with Crippen LogP contribution in [0.2, 0.25) is 0 Å². The molecule has 0 aliphatic heterocycles. The first-order valence-corrected chi connectivity index (χ1v) is 14.4. The van der Waals surface area contributed by atoms with E-state index in [9.17, 15) is 4.79 Å². The molecule has 5 aromatic rings. The van der Waals surface area contributed by atoms with Crippen molar-refractivity contribution in [2.75, 3.05) is 6.54 Å². The highest BCUT2D eigenvalue weighted by atomic mass is 32.1. The van der Waals surface area contributed by atoms with Crippen molar-refractivity contribution in [3.63, 3.8) is 0 Å². The first-order valence-electron chi connectivity index (χ1n) is 13.5. The molecule has 0 fully saturated rings. The molecule has 1 atom stereocenters. The standard InChI is InChI=1S/C31H36N6OS/c1-6-31(4,5)37-29(33-34-35-37)28(26-19-25-21(2)14-15-22(3)27(25)32-30(26)38)36(20-24-13-10-18-39-24)17-16-23-11-8-7-9-12-23/h7-15,18-19,28H,6,16-17,20H2,1-5H3,(H,32,38)/t28-/m0/s1. The van der Waals surface area contributed by atoms with Crippen LogP contribution in [0.5, 0.6) is 0 Å². The molecule has 39 heavy (non-hydrogen) atoms. The molecule has 0 aliphatic rings. The van der Waals surface area contributed by atoms with Gasteiger partial charge in [-0.2, -0.15) is 0 Å². The number of hydrogen-bond acceptors (Lipinski definition) is 6. The highest BCUT2D eigenvalue weighted by Crippen LogP contribution is 2.33. The lowest BCUT2D eigenvalue weighted by molar-refractivity contribution is 0.191. The molecule has 3 heterocycles. The molecule has 1 N–H and O–H groups in total. The van der Waals surface area contributed by atoms with Crippen LogP contribution in [0.25, 0.3) is 10.9 Å². The summed E-state index contributed by atoms with van der Waals surface area (Å²) in [5, 5.41) is 16.3. The van der Waals surface area contributed by atoms with Crippen LogP contribution in [0, 0.1) is 13.8 Å². The number of rotatable bonds is 10. The highest BCUT2D eigenvalue weighted by Gasteiger charge is 2.34. The van der Waals surface area contributed by atoms with Crippen LogP contribution in [0.3, 0.4) is 0 Å². The summed E-state index contributed by atoms with van der Waals surface area (Å²) >= 11 is 1.72. The van der Waals surface area contributed by atoms with Gasteiger partial charge in [-0.05, 0) is 85.2 Å². The number of tetrazole rings is 1. The van der Waals surface area contributed by atoms with Gasteiger partial charge in [-0.25, -0.2) is 4.68 Å². The van der Waals surface area contributed by atoms with E-state index in [-0.39, 0.29) is 11.1 Å². The topological polar surface area (TPSA) is 79.7 Å². The molecule has 0 saturated heterocycles. The Labute approximate surface area is 233 Å². The Kier molecular flexibility index (Phi) is 7.77. The van der Waals surface area contributed by atoms with Gasteiger partial charge in [0.15, 0.2) is 5.82 Å². The molecule has 0 radical (unpaired) electrons. The van der Waals surface area contributed by atoms with Gasteiger partial charge in [-0.15, -0.1) is 16.4 Å². The number of aromatic amines is 1. The van der Waals surface area contributed by atoms with Crippen LogP contribution < -0.4 is 5.56 Å². The van der Waals surface area contributed by atoms with Crippen molar-refractivity contribution in [3.05, 3.63) is 109 Å². The average Bonchev–Trinajstić information content (AvgIpc) is 3.64. The Bertz CT molecular complexity index is 1600. The third-order valence-electron chi connectivity index (χ3n) is 7.78. The largest absolute Gasteiger partial charge is 0.321 e. The van der Waals surface area contributed by atoms with Crippen molar-refractivity contribution >= 4 is 22.2 Å². The third kappa shape index (κ3) is 5.58. The van der Waals surface area contributed by atoms with E-state index in [1.807, 2.05) is 17.7 Å². The molecule has 202 valence electrons. The molecule has 3 aromatic heterocycles. The van der Waals surface area contributed by atoms with E-state index in [1.54, 1.807) is 11.3 Å². The van der Waals surface area contributed by atoms with E-state index in [0.29, 0.717) is 17.9 Å². The Morgan fingerprint density at radius 3 is 2.54 bits per heavy atom. The second-order valence-corrected chi connectivity index (χ2v) is 11.9. The van der Waals surface area contributed by atoms with Gasteiger partial charge in [0.2, 0.25) is 0 Å². The van der Waals surface area contributed by atoms with E-state index in [2.05, 4.69) is 113 Å². The predicted octanol–water partition coefficient (Wildman–Crippen LogP) is 6.17. The molecule has 5 rings (SSSR count). The summed E-state index contributed by atoms with van der Waals surface area (Å²) in [6, 6.07) is 20.5. The van der Waals surface area contributed by atoms with Crippen LogP contribution in [0.1, 0.15) is 66.2 Å². The minimum Gasteiger partial charge on any atom is -0.321 e. The number of fused-ring (bicyclic) bond motifs is 1. The number of pyridine rings is 1. The lowest BCUT2D eigenvalue weighted by atomic mass is 9.97. The zero-order chi connectivity index (χ0) is 27.6. The van der Waals surface area contributed by atoms with Gasteiger partial charge in [-0.3, -0.25) is 9.69 Å². The van der Waals surface area contributed by atoms with Gasteiger partial charge in [0.1, 0.15) is 6.04 Å².